The molecule has 4 atom stereocenters. The minimum absolute atomic E-state index is 0.0151. The summed E-state index contributed by atoms with van der Waals surface area (Å²) in [4.78, 5) is 24.8. The second kappa shape index (κ2) is 5.34. The molecule has 5 nitrogen and oxygen atoms in total. The molecule has 1 spiro atoms. The molecule has 3 aliphatic rings. The van der Waals surface area contributed by atoms with E-state index in [2.05, 4.69) is 5.32 Å². The van der Waals surface area contributed by atoms with E-state index in [1.807, 2.05) is 24.3 Å². The van der Waals surface area contributed by atoms with E-state index in [9.17, 15) is 9.59 Å². The van der Waals surface area contributed by atoms with Gasteiger partial charge >= 0.3 is 0 Å². The average Bonchev–Trinajstić information content (AvgIpc) is 3.20. The Kier molecular flexibility index (Phi) is 3.41. The molecule has 2 fully saturated rings. The molecule has 122 valence electrons. The monoisotopic (exact) mass is 315 g/mol. The van der Waals surface area contributed by atoms with Gasteiger partial charge in [-0.05, 0) is 30.9 Å². The lowest BCUT2D eigenvalue weighted by Gasteiger charge is -2.37. The Bertz CT molecular complexity index is 658. The van der Waals surface area contributed by atoms with Crippen LogP contribution in [0, 0.1) is 17.8 Å². The topological polar surface area (TPSA) is 64.6 Å². The lowest BCUT2D eigenvalue weighted by atomic mass is 9.84. The fourth-order valence-corrected chi connectivity index (χ4v) is 4.51. The first-order valence-electron chi connectivity index (χ1n) is 8.24. The molecule has 5 heteroatoms. The van der Waals surface area contributed by atoms with Crippen LogP contribution in [0.3, 0.4) is 0 Å². The number of hydrogen-bond donors (Lipinski definition) is 1. The number of rotatable bonds is 4. The van der Waals surface area contributed by atoms with Gasteiger partial charge in [0.2, 0.25) is 5.91 Å². The molecular formula is C18H21NO4. The highest BCUT2D eigenvalue weighted by Gasteiger charge is 2.70. The molecule has 2 saturated carbocycles. The number of Topliss-reactive ketones (excluding diaryl/α,β-unsaturated/α-hetero) is 1. The molecule has 0 unspecified atom stereocenters. The Labute approximate surface area is 135 Å². The highest BCUT2D eigenvalue weighted by molar-refractivity contribution is 6.00. The number of carbonyl (C=O) groups is 2. The van der Waals surface area contributed by atoms with Crippen molar-refractivity contribution >= 4 is 11.7 Å². The maximum Gasteiger partial charge on any atom is 0.223 e. The van der Waals surface area contributed by atoms with Gasteiger partial charge in [-0.2, -0.15) is 0 Å². The Balaban J connectivity index is 1.51. The van der Waals surface area contributed by atoms with Gasteiger partial charge < -0.3 is 14.8 Å². The van der Waals surface area contributed by atoms with E-state index in [1.54, 1.807) is 7.11 Å². The zero-order valence-corrected chi connectivity index (χ0v) is 13.2. The number of amides is 1. The molecule has 1 aliphatic heterocycles. The molecule has 2 aliphatic carbocycles. The zero-order chi connectivity index (χ0) is 16.0. The van der Waals surface area contributed by atoms with Crippen molar-refractivity contribution in [2.24, 2.45) is 17.8 Å². The van der Waals surface area contributed by atoms with Crippen LogP contribution in [0.25, 0.3) is 0 Å². The van der Waals surface area contributed by atoms with E-state index in [1.165, 1.54) is 0 Å². The van der Waals surface area contributed by atoms with Crippen LogP contribution in [0.1, 0.15) is 29.6 Å². The van der Waals surface area contributed by atoms with Gasteiger partial charge in [0, 0.05) is 25.5 Å². The molecule has 0 aromatic heterocycles. The molecule has 0 saturated heterocycles. The van der Waals surface area contributed by atoms with Gasteiger partial charge in [0.25, 0.3) is 0 Å². The van der Waals surface area contributed by atoms with Gasteiger partial charge in [0.05, 0.1) is 18.6 Å². The predicted octanol–water partition coefficient (Wildman–Crippen LogP) is 1.81. The predicted molar refractivity (Wildman–Crippen MR) is 83.3 cm³/mol. The number of methoxy groups -OCH3 is 1. The molecular weight excluding hydrogens is 294 g/mol. The van der Waals surface area contributed by atoms with Crippen LogP contribution < -0.4 is 10.1 Å². The molecule has 23 heavy (non-hydrogen) atoms. The van der Waals surface area contributed by atoms with E-state index in [0.29, 0.717) is 36.8 Å². The minimum atomic E-state index is -0.473. The molecule has 4 rings (SSSR count). The van der Waals surface area contributed by atoms with Gasteiger partial charge in [-0.15, -0.1) is 0 Å². The van der Waals surface area contributed by atoms with Gasteiger partial charge in [-0.25, -0.2) is 0 Å². The Morgan fingerprint density at radius 1 is 1.43 bits per heavy atom. The Morgan fingerprint density at radius 2 is 2.26 bits per heavy atom. The third-order valence-electron chi connectivity index (χ3n) is 5.55. The van der Waals surface area contributed by atoms with Gasteiger partial charge in [-0.3, -0.25) is 9.59 Å². The van der Waals surface area contributed by atoms with Crippen LogP contribution in [-0.2, 0) is 9.53 Å². The largest absolute Gasteiger partial charge is 0.486 e. The first-order valence-corrected chi connectivity index (χ1v) is 8.24. The smallest absolute Gasteiger partial charge is 0.223 e. The van der Waals surface area contributed by atoms with Crippen LogP contribution in [0.5, 0.6) is 5.75 Å². The highest BCUT2D eigenvalue weighted by atomic mass is 16.5. The number of ether oxygens (including phenoxy) is 2. The van der Waals surface area contributed by atoms with Crippen LogP contribution >= 0.6 is 0 Å². The normalized spacial score (nSPS) is 33.8. The average molecular weight is 315 g/mol. The van der Waals surface area contributed by atoms with Gasteiger partial charge in [-0.1, -0.05) is 12.1 Å². The number of hydrogen-bond acceptors (Lipinski definition) is 4. The lowest BCUT2D eigenvalue weighted by molar-refractivity contribution is -0.124. The van der Waals surface area contributed by atoms with Crippen LogP contribution in [0.4, 0.5) is 0 Å². The van der Waals surface area contributed by atoms with E-state index in [-0.39, 0.29) is 23.5 Å². The third-order valence-corrected chi connectivity index (χ3v) is 5.55. The minimum Gasteiger partial charge on any atom is -0.486 e. The van der Waals surface area contributed by atoms with Crippen molar-refractivity contribution in [2.45, 2.75) is 24.9 Å². The molecule has 0 bridgehead atoms. The number of benzene rings is 1. The Hall–Kier alpha value is -1.88. The second-order valence-electron chi connectivity index (χ2n) is 6.80. The lowest BCUT2D eigenvalue weighted by Crippen LogP contribution is -2.44. The van der Waals surface area contributed by atoms with Crippen molar-refractivity contribution in [3.8, 4) is 5.75 Å². The molecule has 1 amide bonds. The van der Waals surface area contributed by atoms with Gasteiger partial charge in [0.1, 0.15) is 11.4 Å². The van der Waals surface area contributed by atoms with Crippen molar-refractivity contribution in [1.29, 1.82) is 0 Å². The second-order valence-corrected chi connectivity index (χ2v) is 6.80. The molecule has 0 radical (unpaired) electrons. The Morgan fingerprint density at radius 3 is 3.09 bits per heavy atom. The summed E-state index contributed by atoms with van der Waals surface area (Å²) in [6.45, 7) is 1.04. The first kappa shape index (κ1) is 14.7. The quantitative estimate of drug-likeness (QED) is 0.861. The summed E-state index contributed by atoms with van der Waals surface area (Å²) in [5, 5.41) is 2.92. The summed E-state index contributed by atoms with van der Waals surface area (Å²) in [5.41, 5.74) is 0.197. The number of fused-ring (bicyclic) bond motifs is 3. The van der Waals surface area contributed by atoms with E-state index < -0.39 is 5.60 Å². The molecule has 1 aromatic carbocycles. The number of nitrogens with one attached hydrogen (secondary N) is 1. The fourth-order valence-electron chi connectivity index (χ4n) is 4.51. The summed E-state index contributed by atoms with van der Waals surface area (Å²) in [6, 6.07) is 7.43. The summed E-state index contributed by atoms with van der Waals surface area (Å²) in [7, 11) is 1.62. The van der Waals surface area contributed by atoms with E-state index in [4.69, 9.17) is 9.47 Å². The molecule has 1 aromatic rings. The first-order chi connectivity index (χ1) is 11.2. The van der Waals surface area contributed by atoms with Crippen molar-refractivity contribution < 1.29 is 19.1 Å². The van der Waals surface area contributed by atoms with Crippen LogP contribution in [0.2, 0.25) is 0 Å². The number of carbonyl (C=O) groups excluding carboxylic acids is 2. The standard InChI is InChI=1S/C18H21NO4/c1-22-9-8-19-17(21)15-12-6-7-18(16(12)15)10-13(20)11-4-2-3-5-14(11)23-18/h2-5,12,15-16H,6-10H2,1H3,(H,19,21)/t12-,15+,16+,18-/m0/s1. The van der Waals surface area contributed by atoms with E-state index >= 15 is 0 Å². The molecule has 1 heterocycles. The summed E-state index contributed by atoms with van der Waals surface area (Å²) < 4.78 is 11.3. The summed E-state index contributed by atoms with van der Waals surface area (Å²) in [6.07, 6.45) is 2.22. The third kappa shape index (κ3) is 2.26. The van der Waals surface area contributed by atoms with E-state index in [0.717, 1.165) is 12.8 Å². The van der Waals surface area contributed by atoms with Crippen LogP contribution in [0.15, 0.2) is 24.3 Å². The number of ketones is 1. The zero-order valence-electron chi connectivity index (χ0n) is 13.2. The highest BCUT2D eigenvalue weighted by Crippen LogP contribution is 2.65. The SMILES string of the molecule is COCCNC(=O)[C@@H]1[C@@H]2CC[C@]3(CC(=O)c4ccccc4O3)[C@H]21. The van der Waals surface area contributed by atoms with Crippen molar-refractivity contribution in [3.63, 3.8) is 0 Å². The fraction of sp³-hybridized carbons (Fsp3) is 0.556. The summed E-state index contributed by atoms with van der Waals surface area (Å²) >= 11 is 0. The molecule has 1 N–H and O–H groups in total. The summed E-state index contributed by atoms with van der Waals surface area (Å²) in [5.74, 6) is 1.40. The maximum absolute atomic E-state index is 12.5. The maximum atomic E-state index is 12.5. The van der Waals surface area contributed by atoms with Gasteiger partial charge in [0.15, 0.2) is 5.78 Å². The number of para-hydroxylation sites is 1. The van der Waals surface area contributed by atoms with Crippen LogP contribution in [-0.4, -0.2) is 37.6 Å². The van der Waals surface area contributed by atoms with Crippen molar-refractivity contribution in [1.82, 2.24) is 5.32 Å². The van der Waals surface area contributed by atoms with Crippen molar-refractivity contribution in [3.05, 3.63) is 29.8 Å². The van der Waals surface area contributed by atoms with Crippen molar-refractivity contribution in [2.75, 3.05) is 20.3 Å².